The number of pyridine rings is 1. The fourth-order valence-electron chi connectivity index (χ4n) is 1.47. The summed E-state index contributed by atoms with van der Waals surface area (Å²) in [6.07, 6.45) is 3.36. The highest BCUT2D eigenvalue weighted by atomic mass is 35.5. The van der Waals surface area contributed by atoms with E-state index in [1.54, 1.807) is 18.5 Å². The Hall–Kier alpha value is -1.48. The first-order chi connectivity index (χ1) is 7.66. The first kappa shape index (κ1) is 11.0. The number of nitrogens with zero attached hydrogens (tertiary/aromatic N) is 1. The van der Waals surface area contributed by atoms with Crippen molar-refractivity contribution in [2.45, 2.75) is 19.9 Å². The molecule has 0 aliphatic heterocycles. The fourth-order valence-corrected chi connectivity index (χ4v) is 1.63. The molecule has 2 heterocycles. The summed E-state index contributed by atoms with van der Waals surface area (Å²) in [7, 11) is 0. The smallest absolute Gasteiger partial charge is 0.126 e. The van der Waals surface area contributed by atoms with Crippen molar-refractivity contribution in [2.24, 2.45) is 0 Å². The maximum Gasteiger partial charge on any atom is 0.126 e. The van der Waals surface area contributed by atoms with E-state index in [2.05, 4.69) is 10.3 Å². The minimum Gasteiger partial charge on any atom is -0.464 e. The topological polar surface area (TPSA) is 38.1 Å². The van der Waals surface area contributed by atoms with Gasteiger partial charge in [0.25, 0.3) is 0 Å². The summed E-state index contributed by atoms with van der Waals surface area (Å²) in [5.41, 5.74) is 0.811. The van der Waals surface area contributed by atoms with Crippen LogP contribution in [-0.4, -0.2) is 4.98 Å². The van der Waals surface area contributed by atoms with Gasteiger partial charge in [-0.25, -0.2) is 0 Å². The molecule has 2 rings (SSSR count). The number of aryl methyl sites for hydroxylation is 1. The highest BCUT2D eigenvalue weighted by molar-refractivity contribution is 6.33. The molecule has 0 aliphatic carbocycles. The molecule has 2 aromatic heterocycles. The molecule has 3 nitrogen and oxygen atoms in total. The van der Waals surface area contributed by atoms with E-state index < -0.39 is 0 Å². The number of rotatable bonds is 3. The summed E-state index contributed by atoms with van der Waals surface area (Å²) in [5.74, 6) is 1.79. The predicted molar refractivity (Wildman–Crippen MR) is 64.7 cm³/mol. The van der Waals surface area contributed by atoms with Crippen molar-refractivity contribution in [3.63, 3.8) is 0 Å². The Balaban J connectivity index is 2.13. The van der Waals surface area contributed by atoms with Crippen LogP contribution < -0.4 is 5.32 Å². The van der Waals surface area contributed by atoms with Crippen LogP contribution in [0, 0.1) is 6.92 Å². The number of nitrogens with one attached hydrogen (secondary N) is 1. The standard InChI is InChI=1S/C12H13ClN2O/c1-8-3-4-12(16-8)9(2)15-11-7-14-6-5-10(11)13/h3-7,9,15H,1-2H3. The van der Waals surface area contributed by atoms with Crippen molar-refractivity contribution in [3.8, 4) is 0 Å². The predicted octanol–water partition coefficient (Wildman–Crippen LogP) is 3.81. The third kappa shape index (κ3) is 2.36. The number of furan rings is 1. The summed E-state index contributed by atoms with van der Waals surface area (Å²) in [6.45, 7) is 3.94. The Labute approximate surface area is 99.5 Å². The molecular formula is C12H13ClN2O. The van der Waals surface area contributed by atoms with Gasteiger partial charge in [0.15, 0.2) is 0 Å². The average molecular weight is 237 g/mol. The highest BCUT2D eigenvalue weighted by Crippen LogP contribution is 2.25. The molecule has 84 valence electrons. The Kier molecular flexibility index (Phi) is 3.15. The largest absolute Gasteiger partial charge is 0.464 e. The lowest BCUT2D eigenvalue weighted by molar-refractivity contribution is 0.467. The van der Waals surface area contributed by atoms with E-state index in [1.165, 1.54) is 0 Å². The molecular weight excluding hydrogens is 224 g/mol. The quantitative estimate of drug-likeness (QED) is 0.881. The van der Waals surface area contributed by atoms with Gasteiger partial charge in [0, 0.05) is 6.20 Å². The molecule has 1 atom stereocenters. The Bertz CT molecular complexity index is 481. The molecule has 0 fully saturated rings. The van der Waals surface area contributed by atoms with Crippen LogP contribution in [0.3, 0.4) is 0 Å². The van der Waals surface area contributed by atoms with Crippen LogP contribution in [0.1, 0.15) is 24.5 Å². The van der Waals surface area contributed by atoms with Crippen molar-refractivity contribution in [1.29, 1.82) is 0 Å². The number of aromatic nitrogens is 1. The van der Waals surface area contributed by atoms with Crippen LogP contribution in [0.15, 0.2) is 35.0 Å². The Morgan fingerprint density at radius 1 is 1.38 bits per heavy atom. The molecule has 0 aliphatic rings. The van der Waals surface area contributed by atoms with Gasteiger partial charge in [-0.15, -0.1) is 0 Å². The molecule has 1 unspecified atom stereocenters. The molecule has 0 saturated heterocycles. The van der Waals surface area contributed by atoms with Crippen molar-refractivity contribution in [1.82, 2.24) is 4.98 Å². The van der Waals surface area contributed by atoms with E-state index in [1.807, 2.05) is 26.0 Å². The minimum atomic E-state index is 0.0652. The molecule has 0 bridgehead atoms. The SMILES string of the molecule is Cc1ccc(C(C)Nc2cnccc2Cl)o1. The minimum absolute atomic E-state index is 0.0652. The maximum absolute atomic E-state index is 6.03. The fraction of sp³-hybridized carbons (Fsp3) is 0.250. The number of hydrogen-bond donors (Lipinski definition) is 1. The van der Waals surface area contributed by atoms with Gasteiger partial charge in [0.2, 0.25) is 0 Å². The van der Waals surface area contributed by atoms with Crippen LogP contribution in [0.5, 0.6) is 0 Å². The molecule has 0 radical (unpaired) electrons. The van der Waals surface area contributed by atoms with Crippen molar-refractivity contribution in [2.75, 3.05) is 5.32 Å². The average Bonchev–Trinajstić information content (AvgIpc) is 2.68. The van der Waals surface area contributed by atoms with Crippen molar-refractivity contribution in [3.05, 3.63) is 47.1 Å². The Morgan fingerprint density at radius 2 is 2.19 bits per heavy atom. The van der Waals surface area contributed by atoms with E-state index >= 15 is 0 Å². The van der Waals surface area contributed by atoms with E-state index in [9.17, 15) is 0 Å². The first-order valence-corrected chi connectivity index (χ1v) is 5.47. The number of halogens is 1. The third-order valence-electron chi connectivity index (χ3n) is 2.33. The zero-order chi connectivity index (χ0) is 11.5. The van der Waals surface area contributed by atoms with Crippen molar-refractivity contribution < 1.29 is 4.42 Å². The second-order valence-electron chi connectivity index (χ2n) is 3.67. The second-order valence-corrected chi connectivity index (χ2v) is 4.08. The highest BCUT2D eigenvalue weighted by Gasteiger charge is 2.10. The lowest BCUT2D eigenvalue weighted by Crippen LogP contribution is -2.06. The van der Waals surface area contributed by atoms with E-state index in [0.717, 1.165) is 17.2 Å². The summed E-state index contributed by atoms with van der Waals surface area (Å²) < 4.78 is 5.53. The van der Waals surface area contributed by atoms with Gasteiger partial charge in [-0.1, -0.05) is 11.6 Å². The molecule has 0 aromatic carbocycles. The van der Waals surface area contributed by atoms with Gasteiger partial charge in [0.05, 0.1) is 22.9 Å². The molecule has 16 heavy (non-hydrogen) atoms. The van der Waals surface area contributed by atoms with Crippen LogP contribution in [0.25, 0.3) is 0 Å². The van der Waals surface area contributed by atoms with Crippen molar-refractivity contribution >= 4 is 17.3 Å². The van der Waals surface area contributed by atoms with Gasteiger partial charge in [0.1, 0.15) is 11.5 Å². The van der Waals surface area contributed by atoms with Gasteiger partial charge in [-0.05, 0) is 32.0 Å². The molecule has 0 saturated carbocycles. The first-order valence-electron chi connectivity index (χ1n) is 5.09. The normalized spacial score (nSPS) is 12.4. The zero-order valence-corrected chi connectivity index (χ0v) is 9.95. The van der Waals surface area contributed by atoms with Gasteiger partial charge in [-0.2, -0.15) is 0 Å². The molecule has 4 heteroatoms. The lowest BCUT2D eigenvalue weighted by atomic mass is 10.2. The summed E-state index contributed by atoms with van der Waals surface area (Å²) >= 11 is 6.03. The summed E-state index contributed by atoms with van der Waals surface area (Å²) in [4.78, 5) is 4.02. The molecule has 0 spiro atoms. The lowest BCUT2D eigenvalue weighted by Gasteiger charge is -2.13. The van der Waals surface area contributed by atoms with E-state index in [4.69, 9.17) is 16.0 Å². The van der Waals surface area contributed by atoms with Crippen LogP contribution in [-0.2, 0) is 0 Å². The molecule has 2 aromatic rings. The van der Waals surface area contributed by atoms with Gasteiger partial charge in [-0.3, -0.25) is 4.98 Å². The van der Waals surface area contributed by atoms with Crippen LogP contribution in [0.2, 0.25) is 5.02 Å². The second kappa shape index (κ2) is 4.58. The molecule has 0 amide bonds. The monoisotopic (exact) mass is 236 g/mol. The zero-order valence-electron chi connectivity index (χ0n) is 9.20. The van der Waals surface area contributed by atoms with Gasteiger partial charge < -0.3 is 9.73 Å². The summed E-state index contributed by atoms with van der Waals surface area (Å²) in [6, 6.07) is 5.72. The Morgan fingerprint density at radius 3 is 2.81 bits per heavy atom. The van der Waals surface area contributed by atoms with Crippen LogP contribution >= 0.6 is 11.6 Å². The third-order valence-corrected chi connectivity index (χ3v) is 2.66. The number of anilines is 1. The molecule has 1 N–H and O–H groups in total. The van der Waals surface area contributed by atoms with Gasteiger partial charge >= 0.3 is 0 Å². The van der Waals surface area contributed by atoms with Crippen LogP contribution in [0.4, 0.5) is 5.69 Å². The van der Waals surface area contributed by atoms with E-state index in [-0.39, 0.29) is 6.04 Å². The maximum atomic E-state index is 6.03. The summed E-state index contributed by atoms with van der Waals surface area (Å²) in [5, 5.41) is 3.91. The number of hydrogen-bond acceptors (Lipinski definition) is 3. The van der Waals surface area contributed by atoms with E-state index in [0.29, 0.717) is 5.02 Å².